The molecule has 7 nitrogen and oxygen atoms in total. The van der Waals surface area contributed by atoms with Crippen molar-refractivity contribution >= 4 is 17.5 Å². The fourth-order valence-electron chi connectivity index (χ4n) is 3.61. The SMILES string of the molecule is C=C(C(c1ccc(F)cc1)n1cnc(NC(=O)C(C)CCCc2ccccc2)c1)N(C)C.CC(=O)C(C)(C)N. The number of rotatable bonds is 11. The topological polar surface area (TPSA) is 93.2 Å². The Kier molecular flexibility index (Phi) is 11.6. The monoisotopic (exact) mass is 535 g/mol. The molecule has 0 saturated heterocycles. The van der Waals surface area contributed by atoms with E-state index in [4.69, 9.17) is 5.73 Å². The van der Waals surface area contributed by atoms with Crippen molar-refractivity contribution in [1.29, 1.82) is 0 Å². The van der Waals surface area contributed by atoms with Crippen molar-refractivity contribution in [3.8, 4) is 0 Å². The van der Waals surface area contributed by atoms with Gasteiger partial charge in [-0.05, 0) is 63.3 Å². The zero-order chi connectivity index (χ0) is 29.2. The second kappa shape index (κ2) is 14.4. The summed E-state index contributed by atoms with van der Waals surface area (Å²) >= 11 is 0. The summed E-state index contributed by atoms with van der Waals surface area (Å²) in [5.74, 6) is 0.0560. The smallest absolute Gasteiger partial charge is 0.228 e. The van der Waals surface area contributed by atoms with Crippen LogP contribution in [0.4, 0.5) is 10.2 Å². The molecule has 0 aliphatic heterocycles. The Morgan fingerprint density at radius 3 is 2.26 bits per heavy atom. The maximum atomic E-state index is 13.4. The van der Waals surface area contributed by atoms with Gasteiger partial charge in [0.2, 0.25) is 5.91 Å². The highest BCUT2D eigenvalue weighted by Gasteiger charge is 2.21. The Labute approximate surface area is 231 Å². The number of aryl methyl sites for hydroxylation is 1. The number of Topliss-reactive ketones (excluding diaryl/α,β-unsaturated/α-hetero) is 1. The number of carbonyl (C=O) groups excluding carboxylic acids is 2. The van der Waals surface area contributed by atoms with Gasteiger partial charge in [-0.1, -0.05) is 56.0 Å². The molecule has 39 heavy (non-hydrogen) atoms. The third-order valence-corrected chi connectivity index (χ3v) is 6.53. The van der Waals surface area contributed by atoms with Crippen LogP contribution in [-0.2, 0) is 16.0 Å². The molecule has 8 heteroatoms. The van der Waals surface area contributed by atoms with E-state index in [0.717, 1.165) is 30.5 Å². The Morgan fingerprint density at radius 2 is 1.72 bits per heavy atom. The summed E-state index contributed by atoms with van der Waals surface area (Å²) in [6.45, 7) is 11.0. The Balaban J connectivity index is 0.000000673. The van der Waals surface area contributed by atoms with E-state index >= 15 is 0 Å². The molecule has 210 valence electrons. The largest absolute Gasteiger partial charge is 0.379 e. The van der Waals surface area contributed by atoms with Crippen LogP contribution in [0.1, 0.15) is 57.7 Å². The molecule has 2 atom stereocenters. The number of imidazole rings is 1. The minimum atomic E-state index is -0.639. The summed E-state index contributed by atoms with van der Waals surface area (Å²) < 4.78 is 15.3. The number of halogens is 1. The molecule has 1 aromatic heterocycles. The first-order valence-electron chi connectivity index (χ1n) is 13.1. The second-order valence-electron chi connectivity index (χ2n) is 10.6. The molecule has 1 amide bonds. The number of anilines is 1. The van der Waals surface area contributed by atoms with Gasteiger partial charge in [0.15, 0.2) is 5.82 Å². The number of nitrogens with zero attached hydrogens (tertiary/aromatic N) is 3. The third-order valence-electron chi connectivity index (χ3n) is 6.53. The van der Waals surface area contributed by atoms with Gasteiger partial charge in [0.1, 0.15) is 11.6 Å². The number of amides is 1. The summed E-state index contributed by atoms with van der Waals surface area (Å²) in [6.07, 6.45) is 6.16. The first-order valence-corrected chi connectivity index (χ1v) is 13.1. The zero-order valence-corrected chi connectivity index (χ0v) is 23.9. The molecule has 0 aliphatic rings. The molecule has 0 bridgehead atoms. The van der Waals surface area contributed by atoms with Crippen molar-refractivity contribution in [2.75, 3.05) is 19.4 Å². The lowest BCUT2D eigenvalue weighted by Gasteiger charge is -2.26. The summed E-state index contributed by atoms with van der Waals surface area (Å²) in [4.78, 5) is 29.3. The van der Waals surface area contributed by atoms with Crippen molar-refractivity contribution in [2.24, 2.45) is 11.7 Å². The van der Waals surface area contributed by atoms with Crippen LogP contribution in [0, 0.1) is 11.7 Å². The van der Waals surface area contributed by atoms with Gasteiger partial charge in [-0.3, -0.25) is 9.59 Å². The summed E-state index contributed by atoms with van der Waals surface area (Å²) in [5.41, 5.74) is 7.68. The predicted octanol–water partition coefficient (Wildman–Crippen LogP) is 5.60. The Morgan fingerprint density at radius 1 is 1.13 bits per heavy atom. The van der Waals surface area contributed by atoms with E-state index < -0.39 is 5.54 Å². The molecule has 2 aromatic carbocycles. The average molecular weight is 536 g/mol. The fourth-order valence-corrected chi connectivity index (χ4v) is 3.61. The van der Waals surface area contributed by atoms with E-state index in [1.165, 1.54) is 24.6 Å². The molecule has 3 aromatic rings. The normalized spacial score (nSPS) is 12.5. The van der Waals surface area contributed by atoms with E-state index in [9.17, 15) is 14.0 Å². The molecular weight excluding hydrogens is 493 g/mol. The lowest BCUT2D eigenvalue weighted by Crippen LogP contribution is -2.39. The molecule has 2 unspecified atom stereocenters. The Bertz CT molecular complexity index is 1210. The van der Waals surface area contributed by atoms with Crippen LogP contribution in [0.15, 0.2) is 79.4 Å². The van der Waals surface area contributed by atoms with Gasteiger partial charge in [0.25, 0.3) is 0 Å². The number of hydrogen-bond acceptors (Lipinski definition) is 5. The van der Waals surface area contributed by atoms with Crippen LogP contribution < -0.4 is 11.1 Å². The number of nitrogens with one attached hydrogen (secondary N) is 1. The number of aromatic nitrogens is 2. The summed E-state index contributed by atoms with van der Waals surface area (Å²) in [6, 6.07) is 16.4. The van der Waals surface area contributed by atoms with E-state index in [1.54, 1.807) is 38.5 Å². The maximum Gasteiger partial charge on any atom is 0.228 e. The maximum absolute atomic E-state index is 13.4. The standard InChI is InChI=1S/C26H31FN4O.C5H11NO/c1-19(9-8-12-21-10-6-5-7-11-21)26(32)29-24-17-31(18-28-24)25(20(2)30(3)4)22-13-15-23(27)16-14-22;1-4(7)5(2,3)6/h5-7,10-11,13-19,25H,2,8-9,12H2,1,3-4H3,(H,29,32);6H2,1-3H3. The van der Waals surface area contributed by atoms with Crippen molar-refractivity contribution in [2.45, 2.75) is 58.5 Å². The minimum absolute atomic E-state index is 0.0208. The van der Waals surface area contributed by atoms with Crippen LogP contribution in [0.3, 0.4) is 0 Å². The van der Waals surface area contributed by atoms with Crippen LogP contribution >= 0.6 is 0 Å². The van der Waals surface area contributed by atoms with Gasteiger partial charge in [-0.25, -0.2) is 9.37 Å². The van der Waals surface area contributed by atoms with E-state index in [0.29, 0.717) is 5.82 Å². The highest BCUT2D eigenvalue weighted by molar-refractivity contribution is 5.91. The number of likely N-dealkylation sites (N-methyl/N-ethyl adjacent to an activating group) is 1. The Hall–Kier alpha value is -3.78. The van der Waals surface area contributed by atoms with Crippen molar-refractivity contribution in [3.63, 3.8) is 0 Å². The van der Waals surface area contributed by atoms with Crippen LogP contribution in [0.25, 0.3) is 0 Å². The van der Waals surface area contributed by atoms with Gasteiger partial charge >= 0.3 is 0 Å². The number of benzene rings is 2. The number of nitrogens with two attached hydrogens (primary N) is 1. The predicted molar refractivity (Wildman–Crippen MR) is 156 cm³/mol. The molecule has 1 heterocycles. The van der Waals surface area contributed by atoms with Gasteiger partial charge < -0.3 is 20.5 Å². The summed E-state index contributed by atoms with van der Waals surface area (Å²) in [5, 5.41) is 2.92. The van der Waals surface area contributed by atoms with E-state index in [2.05, 4.69) is 29.0 Å². The van der Waals surface area contributed by atoms with Crippen LogP contribution in [0.5, 0.6) is 0 Å². The zero-order valence-electron chi connectivity index (χ0n) is 23.9. The number of carbonyl (C=O) groups is 2. The molecular formula is C31H42FN5O2. The highest BCUT2D eigenvalue weighted by atomic mass is 19.1. The molecule has 3 rings (SSSR count). The lowest BCUT2D eigenvalue weighted by molar-refractivity contribution is -0.121. The highest BCUT2D eigenvalue weighted by Crippen LogP contribution is 2.28. The van der Waals surface area contributed by atoms with Gasteiger partial charge in [0, 0.05) is 31.9 Å². The van der Waals surface area contributed by atoms with Gasteiger partial charge in [-0.2, -0.15) is 0 Å². The average Bonchev–Trinajstić information content (AvgIpc) is 3.33. The lowest BCUT2D eigenvalue weighted by atomic mass is 10.0. The molecule has 0 spiro atoms. The summed E-state index contributed by atoms with van der Waals surface area (Å²) in [7, 11) is 3.82. The molecule has 0 radical (unpaired) electrons. The third kappa shape index (κ3) is 10.1. The molecule has 0 fully saturated rings. The van der Waals surface area contributed by atoms with Gasteiger partial charge in [0.05, 0.1) is 17.9 Å². The second-order valence-corrected chi connectivity index (χ2v) is 10.6. The number of hydrogen-bond donors (Lipinski definition) is 2. The number of allylic oxidation sites excluding steroid dienone is 1. The first-order chi connectivity index (χ1) is 18.3. The van der Waals surface area contributed by atoms with Crippen molar-refractivity contribution in [1.82, 2.24) is 14.5 Å². The van der Waals surface area contributed by atoms with E-state index in [1.807, 2.05) is 48.7 Å². The first kappa shape index (κ1) is 31.4. The molecule has 3 N–H and O–H groups in total. The molecule has 0 saturated carbocycles. The fraction of sp³-hybridized carbons (Fsp3) is 0.387. The van der Waals surface area contributed by atoms with E-state index in [-0.39, 0.29) is 29.5 Å². The van der Waals surface area contributed by atoms with Crippen LogP contribution in [0.2, 0.25) is 0 Å². The van der Waals surface area contributed by atoms with Crippen molar-refractivity contribution in [3.05, 3.63) is 96.3 Å². The number of ketones is 1. The van der Waals surface area contributed by atoms with Gasteiger partial charge in [-0.15, -0.1) is 0 Å². The quantitative estimate of drug-likeness (QED) is 0.334. The van der Waals surface area contributed by atoms with Crippen molar-refractivity contribution < 1.29 is 14.0 Å². The van der Waals surface area contributed by atoms with Crippen LogP contribution in [-0.4, -0.2) is 45.8 Å². The molecule has 0 aliphatic carbocycles. The minimum Gasteiger partial charge on any atom is -0.379 e.